The van der Waals surface area contributed by atoms with E-state index in [9.17, 15) is 27.2 Å². The summed E-state index contributed by atoms with van der Waals surface area (Å²) < 4.78 is 53.3. The molecule has 0 saturated carbocycles. The van der Waals surface area contributed by atoms with E-state index in [0.29, 0.717) is 11.8 Å². The number of nitrogens with zero attached hydrogens (tertiary/aromatic N) is 1. The monoisotopic (exact) mass is 435 g/mol. The van der Waals surface area contributed by atoms with Gasteiger partial charge in [-0.25, -0.2) is 9.37 Å². The smallest absolute Gasteiger partial charge is 0.322 e. The van der Waals surface area contributed by atoms with Gasteiger partial charge in [-0.1, -0.05) is 0 Å². The molecule has 0 radical (unpaired) electrons. The summed E-state index contributed by atoms with van der Waals surface area (Å²) in [5.74, 6) is -2.02. The summed E-state index contributed by atoms with van der Waals surface area (Å²) in [7, 11) is 0. The van der Waals surface area contributed by atoms with Gasteiger partial charge in [0.25, 0.3) is 5.91 Å². The molecular formula is C20H13F4N3O2S. The average Bonchev–Trinajstić information content (AvgIpc) is 3.21. The Balaban J connectivity index is 1.79. The highest BCUT2D eigenvalue weighted by Gasteiger charge is 2.34. The number of anilines is 2. The molecule has 2 N–H and O–H groups in total. The number of halogens is 4. The first kappa shape index (κ1) is 21.2. The molecule has 30 heavy (non-hydrogen) atoms. The van der Waals surface area contributed by atoms with E-state index in [1.165, 1.54) is 35.6 Å². The Labute approximate surface area is 172 Å². The highest BCUT2D eigenvalue weighted by atomic mass is 32.1. The zero-order valence-corrected chi connectivity index (χ0v) is 15.9. The lowest BCUT2D eigenvalue weighted by Crippen LogP contribution is -2.17. The van der Waals surface area contributed by atoms with Crippen LogP contribution in [-0.2, 0) is 11.0 Å². The molecule has 3 rings (SSSR count). The third-order valence-corrected chi connectivity index (χ3v) is 4.41. The number of hydrogen-bond donors (Lipinski definition) is 2. The molecule has 0 aliphatic heterocycles. The van der Waals surface area contributed by atoms with Gasteiger partial charge in [0, 0.05) is 22.7 Å². The number of carbonyl (C=O) groups is 2. The molecule has 0 unspecified atom stereocenters. The third kappa shape index (κ3) is 5.51. The summed E-state index contributed by atoms with van der Waals surface area (Å²) in [5, 5.41) is 6.16. The van der Waals surface area contributed by atoms with Crippen LogP contribution in [0.4, 0.5) is 28.9 Å². The van der Waals surface area contributed by atoms with Crippen molar-refractivity contribution < 1.29 is 27.2 Å². The normalized spacial score (nSPS) is 11.5. The van der Waals surface area contributed by atoms with E-state index < -0.39 is 35.1 Å². The molecule has 5 nitrogen and oxygen atoms in total. The molecule has 10 heteroatoms. The molecule has 0 bridgehead atoms. The first-order chi connectivity index (χ1) is 14.2. The summed E-state index contributed by atoms with van der Waals surface area (Å²) in [6, 6.07) is 7.51. The molecule has 2 amide bonds. The van der Waals surface area contributed by atoms with Crippen LogP contribution in [0.3, 0.4) is 0 Å². The van der Waals surface area contributed by atoms with Crippen LogP contribution in [0, 0.1) is 5.82 Å². The van der Waals surface area contributed by atoms with Crippen molar-refractivity contribution >= 4 is 40.6 Å². The molecule has 3 aromatic rings. The summed E-state index contributed by atoms with van der Waals surface area (Å²) in [6.07, 6.45) is -2.34. The maximum atomic E-state index is 13.5. The van der Waals surface area contributed by atoms with Crippen molar-refractivity contribution in [2.45, 2.75) is 6.18 Å². The largest absolute Gasteiger partial charge is 0.418 e. The summed E-state index contributed by atoms with van der Waals surface area (Å²) >= 11 is 1.31. The molecular weight excluding hydrogens is 422 g/mol. The number of thiazole rings is 1. The summed E-state index contributed by atoms with van der Waals surface area (Å²) in [5.41, 5.74) is 0.412. The van der Waals surface area contributed by atoms with Gasteiger partial charge in [0.05, 0.1) is 22.5 Å². The van der Waals surface area contributed by atoms with Crippen molar-refractivity contribution in [2.24, 2.45) is 0 Å². The highest BCUT2D eigenvalue weighted by molar-refractivity contribution is 7.07. The van der Waals surface area contributed by atoms with Gasteiger partial charge in [0.2, 0.25) is 5.91 Å². The van der Waals surface area contributed by atoms with Gasteiger partial charge in [0.15, 0.2) is 0 Å². The van der Waals surface area contributed by atoms with Gasteiger partial charge in [-0.15, -0.1) is 11.3 Å². The van der Waals surface area contributed by atoms with Gasteiger partial charge in [-0.05, 0) is 48.5 Å². The second kappa shape index (κ2) is 8.87. The number of aromatic nitrogens is 1. The van der Waals surface area contributed by atoms with Crippen LogP contribution in [0.2, 0.25) is 0 Å². The Bertz CT molecular complexity index is 1080. The van der Waals surface area contributed by atoms with E-state index in [4.69, 9.17) is 0 Å². The molecule has 0 fully saturated rings. The van der Waals surface area contributed by atoms with Crippen molar-refractivity contribution in [3.05, 3.63) is 82.1 Å². The zero-order valence-electron chi connectivity index (χ0n) is 15.0. The number of nitrogens with one attached hydrogen (secondary N) is 2. The number of alkyl halides is 3. The maximum Gasteiger partial charge on any atom is 0.418 e. The summed E-state index contributed by atoms with van der Waals surface area (Å²) in [4.78, 5) is 28.1. The molecule has 2 aromatic carbocycles. The quantitative estimate of drug-likeness (QED) is 0.427. The second-order valence-electron chi connectivity index (χ2n) is 5.96. The predicted octanol–water partition coefficient (Wildman–Crippen LogP) is 5.21. The second-order valence-corrected chi connectivity index (χ2v) is 6.67. The lowest BCUT2D eigenvalue weighted by Gasteiger charge is -2.15. The Morgan fingerprint density at radius 2 is 1.77 bits per heavy atom. The number of carbonyl (C=O) groups excluding carboxylic acids is 2. The van der Waals surface area contributed by atoms with E-state index in [2.05, 4.69) is 15.6 Å². The fourth-order valence-corrected chi connectivity index (χ4v) is 2.93. The van der Waals surface area contributed by atoms with Crippen LogP contribution in [0.5, 0.6) is 0 Å². The highest BCUT2D eigenvalue weighted by Crippen LogP contribution is 2.36. The maximum absolute atomic E-state index is 13.5. The van der Waals surface area contributed by atoms with Crippen molar-refractivity contribution in [2.75, 3.05) is 10.6 Å². The Morgan fingerprint density at radius 1 is 1.03 bits per heavy atom. The lowest BCUT2D eigenvalue weighted by atomic mass is 10.1. The minimum absolute atomic E-state index is 0.0783. The number of amides is 2. The van der Waals surface area contributed by atoms with Crippen molar-refractivity contribution in [3.8, 4) is 0 Å². The molecule has 0 aliphatic carbocycles. The summed E-state index contributed by atoms with van der Waals surface area (Å²) in [6.45, 7) is 0. The Kier molecular flexibility index (Phi) is 6.26. The third-order valence-electron chi connectivity index (χ3n) is 3.80. The van der Waals surface area contributed by atoms with Crippen molar-refractivity contribution in [1.82, 2.24) is 4.98 Å². The number of benzene rings is 2. The number of rotatable bonds is 5. The van der Waals surface area contributed by atoms with Crippen LogP contribution >= 0.6 is 11.3 Å². The van der Waals surface area contributed by atoms with Crippen molar-refractivity contribution in [3.63, 3.8) is 0 Å². The van der Waals surface area contributed by atoms with Gasteiger partial charge in [-0.2, -0.15) is 13.2 Å². The molecule has 154 valence electrons. The zero-order chi connectivity index (χ0) is 21.7. The van der Waals surface area contributed by atoms with Crippen molar-refractivity contribution in [1.29, 1.82) is 0 Å². The van der Waals surface area contributed by atoms with Crippen LogP contribution in [-0.4, -0.2) is 16.8 Å². The van der Waals surface area contributed by atoms with E-state index in [0.717, 1.165) is 24.3 Å². The van der Waals surface area contributed by atoms with Gasteiger partial charge in [-0.3, -0.25) is 9.59 Å². The van der Waals surface area contributed by atoms with Gasteiger partial charge in [0.1, 0.15) is 5.82 Å². The van der Waals surface area contributed by atoms with Crippen LogP contribution < -0.4 is 10.6 Å². The Hall–Kier alpha value is -3.53. The van der Waals surface area contributed by atoms with Gasteiger partial charge >= 0.3 is 6.18 Å². The predicted molar refractivity (Wildman–Crippen MR) is 106 cm³/mol. The minimum Gasteiger partial charge on any atom is -0.322 e. The molecule has 1 aromatic heterocycles. The van der Waals surface area contributed by atoms with E-state index >= 15 is 0 Å². The van der Waals surface area contributed by atoms with Gasteiger partial charge < -0.3 is 10.6 Å². The van der Waals surface area contributed by atoms with Crippen LogP contribution in [0.1, 0.15) is 21.6 Å². The molecule has 0 spiro atoms. The first-order valence-electron chi connectivity index (χ1n) is 8.38. The molecule has 1 heterocycles. The fourth-order valence-electron chi connectivity index (χ4n) is 2.41. The molecule has 0 atom stereocenters. The first-order valence-corrected chi connectivity index (χ1v) is 9.32. The Morgan fingerprint density at radius 3 is 2.40 bits per heavy atom. The van der Waals surface area contributed by atoms with Crippen LogP contribution in [0.25, 0.3) is 6.08 Å². The molecule has 0 aliphatic rings. The number of hydrogen-bond acceptors (Lipinski definition) is 4. The average molecular weight is 435 g/mol. The fraction of sp³-hybridized carbons (Fsp3) is 0.0500. The van der Waals surface area contributed by atoms with E-state index in [1.54, 1.807) is 10.9 Å². The van der Waals surface area contributed by atoms with Crippen LogP contribution in [0.15, 0.2) is 59.4 Å². The SMILES string of the molecule is O=C(/C=C/c1cscn1)Nc1ccc(NC(=O)c2ccc(F)cc2)cc1C(F)(F)F. The van der Waals surface area contributed by atoms with E-state index in [-0.39, 0.29) is 11.3 Å². The van der Waals surface area contributed by atoms with E-state index in [1.807, 2.05) is 0 Å². The standard InChI is InChI=1S/C20H13F4N3O2S/c21-13-3-1-12(2-4-13)19(29)26-14-5-7-17(16(9-14)20(22,23)24)27-18(28)8-6-15-10-30-11-25-15/h1-11H,(H,26,29)(H,27,28)/b8-6+. The molecule has 0 saturated heterocycles. The topological polar surface area (TPSA) is 71.1 Å². The minimum atomic E-state index is -4.78. The lowest BCUT2D eigenvalue weighted by molar-refractivity contribution is -0.136.